The summed E-state index contributed by atoms with van der Waals surface area (Å²) in [6, 6.07) is 9.24. The van der Waals surface area contributed by atoms with Gasteiger partial charge in [0.05, 0.1) is 16.7 Å². The molecular formula is C16H21N3O2S. The van der Waals surface area contributed by atoms with Crippen molar-refractivity contribution in [3.8, 4) is 0 Å². The molecule has 6 heteroatoms. The zero-order valence-corrected chi connectivity index (χ0v) is 13.4. The van der Waals surface area contributed by atoms with Crippen molar-refractivity contribution in [2.45, 2.75) is 25.8 Å². The Bertz CT molecular complexity index is 586. The molecule has 3 N–H and O–H groups in total. The van der Waals surface area contributed by atoms with E-state index in [1.807, 2.05) is 42.6 Å². The number of hydrogen-bond acceptors (Lipinski definition) is 4. The lowest BCUT2D eigenvalue weighted by Gasteiger charge is -2.18. The molecule has 1 atom stereocenters. The Morgan fingerprint density at radius 3 is 2.77 bits per heavy atom. The van der Waals surface area contributed by atoms with Gasteiger partial charge >= 0.3 is 6.03 Å². The Balaban J connectivity index is 1.81. The molecule has 0 aliphatic carbocycles. The van der Waals surface area contributed by atoms with E-state index >= 15 is 0 Å². The van der Waals surface area contributed by atoms with Gasteiger partial charge in [0.15, 0.2) is 0 Å². The van der Waals surface area contributed by atoms with Crippen LogP contribution in [-0.4, -0.2) is 29.3 Å². The minimum Gasteiger partial charge on any atom is -0.396 e. The number of aliphatic hydroxyl groups is 1. The molecule has 0 saturated carbocycles. The Labute approximate surface area is 134 Å². The van der Waals surface area contributed by atoms with E-state index in [1.165, 1.54) is 0 Å². The molecule has 5 nitrogen and oxygen atoms in total. The average Bonchev–Trinajstić information content (AvgIpc) is 2.93. The van der Waals surface area contributed by atoms with Crippen LogP contribution in [0, 0.1) is 6.92 Å². The van der Waals surface area contributed by atoms with E-state index in [-0.39, 0.29) is 18.7 Å². The summed E-state index contributed by atoms with van der Waals surface area (Å²) in [5, 5.41) is 17.9. The van der Waals surface area contributed by atoms with Gasteiger partial charge in [-0.2, -0.15) is 0 Å². The van der Waals surface area contributed by atoms with E-state index in [2.05, 4.69) is 15.6 Å². The maximum absolute atomic E-state index is 12.0. The fraction of sp³-hybridized carbons (Fsp3) is 0.375. The fourth-order valence-electron chi connectivity index (χ4n) is 2.17. The highest BCUT2D eigenvalue weighted by molar-refractivity contribution is 7.09. The van der Waals surface area contributed by atoms with Gasteiger partial charge in [0, 0.05) is 25.0 Å². The molecule has 0 aliphatic rings. The van der Waals surface area contributed by atoms with Crippen LogP contribution in [-0.2, 0) is 6.42 Å². The number of hydrogen-bond donors (Lipinski definition) is 3. The van der Waals surface area contributed by atoms with Crippen LogP contribution in [0.25, 0.3) is 0 Å². The normalized spacial score (nSPS) is 11.9. The summed E-state index contributed by atoms with van der Waals surface area (Å²) in [7, 11) is 0. The summed E-state index contributed by atoms with van der Waals surface area (Å²) in [5.41, 5.74) is 1.99. The lowest BCUT2D eigenvalue weighted by atomic mass is 10.0. The minimum absolute atomic E-state index is 0.0257. The Morgan fingerprint density at radius 2 is 2.14 bits per heavy atom. The second-order valence-electron chi connectivity index (χ2n) is 4.98. The van der Waals surface area contributed by atoms with Crippen LogP contribution in [0.2, 0.25) is 0 Å². The van der Waals surface area contributed by atoms with Gasteiger partial charge in [-0.25, -0.2) is 9.78 Å². The van der Waals surface area contributed by atoms with E-state index in [1.54, 1.807) is 11.3 Å². The van der Waals surface area contributed by atoms with Crippen molar-refractivity contribution in [2.75, 3.05) is 13.2 Å². The predicted molar refractivity (Wildman–Crippen MR) is 88.0 cm³/mol. The van der Waals surface area contributed by atoms with Crippen LogP contribution < -0.4 is 10.6 Å². The highest BCUT2D eigenvalue weighted by Crippen LogP contribution is 2.15. The second kappa shape index (κ2) is 8.51. The molecule has 0 bridgehead atoms. The van der Waals surface area contributed by atoms with E-state index in [4.69, 9.17) is 5.11 Å². The van der Waals surface area contributed by atoms with Gasteiger partial charge in [-0.1, -0.05) is 30.3 Å². The zero-order chi connectivity index (χ0) is 15.8. The molecule has 0 saturated heterocycles. The standard InChI is InChI=1S/C16H21N3O2S/c1-12-18-14(11-22-12)7-9-17-16(21)19-15(8-10-20)13-5-3-2-4-6-13/h2-6,11,15,20H,7-10H2,1H3,(H2,17,19,21)/t15-/m1/s1. The first-order valence-electron chi connectivity index (χ1n) is 7.30. The highest BCUT2D eigenvalue weighted by atomic mass is 32.1. The first kappa shape index (κ1) is 16.5. The number of urea groups is 1. The van der Waals surface area contributed by atoms with Crippen molar-refractivity contribution in [2.24, 2.45) is 0 Å². The summed E-state index contributed by atoms with van der Waals surface area (Å²) in [6.07, 6.45) is 1.20. The lowest BCUT2D eigenvalue weighted by Crippen LogP contribution is -2.39. The van der Waals surface area contributed by atoms with Crippen molar-refractivity contribution in [1.29, 1.82) is 0 Å². The number of rotatable bonds is 7. The highest BCUT2D eigenvalue weighted by Gasteiger charge is 2.13. The molecule has 22 heavy (non-hydrogen) atoms. The monoisotopic (exact) mass is 319 g/mol. The van der Waals surface area contributed by atoms with Crippen LogP contribution in [0.1, 0.15) is 28.7 Å². The van der Waals surface area contributed by atoms with E-state index in [0.717, 1.165) is 16.3 Å². The van der Waals surface area contributed by atoms with Gasteiger partial charge in [-0.15, -0.1) is 11.3 Å². The molecule has 0 unspecified atom stereocenters. The summed E-state index contributed by atoms with van der Waals surface area (Å²) >= 11 is 1.61. The molecule has 1 aromatic carbocycles. The lowest BCUT2D eigenvalue weighted by molar-refractivity contribution is 0.229. The van der Waals surface area contributed by atoms with Crippen LogP contribution in [0.4, 0.5) is 4.79 Å². The molecular weight excluding hydrogens is 298 g/mol. The average molecular weight is 319 g/mol. The summed E-state index contributed by atoms with van der Waals surface area (Å²) in [6.45, 7) is 2.53. The maximum Gasteiger partial charge on any atom is 0.315 e. The fourth-order valence-corrected chi connectivity index (χ4v) is 2.82. The van der Waals surface area contributed by atoms with E-state index in [0.29, 0.717) is 19.4 Å². The van der Waals surface area contributed by atoms with Gasteiger partial charge in [0.2, 0.25) is 0 Å². The molecule has 1 aromatic heterocycles. The van der Waals surface area contributed by atoms with Gasteiger partial charge in [0.25, 0.3) is 0 Å². The van der Waals surface area contributed by atoms with Gasteiger partial charge in [0.1, 0.15) is 0 Å². The third-order valence-electron chi connectivity index (χ3n) is 3.26. The predicted octanol–water partition coefficient (Wildman–Crippen LogP) is 2.42. The topological polar surface area (TPSA) is 74.2 Å². The summed E-state index contributed by atoms with van der Waals surface area (Å²) in [4.78, 5) is 16.3. The molecule has 1 heterocycles. The number of aliphatic hydroxyl groups excluding tert-OH is 1. The third kappa shape index (κ3) is 5.13. The first-order valence-corrected chi connectivity index (χ1v) is 8.18. The number of aryl methyl sites for hydroxylation is 1. The van der Waals surface area contributed by atoms with Crippen molar-refractivity contribution >= 4 is 17.4 Å². The number of nitrogens with zero attached hydrogens (tertiary/aromatic N) is 1. The summed E-state index contributed by atoms with van der Waals surface area (Å²) < 4.78 is 0. The molecule has 0 spiro atoms. The third-order valence-corrected chi connectivity index (χ3v) is 4.08. The van der Waals surface area contributed by atoms with Crippen LogP contribution in [0.15, 0.2) is 35.7 Å². The molecule has 2 amide bonds. The number of amides is 2. The molecule has 0 fully saturated rings. The van der Waals surface area contributed by atoms with Gasteiger partial charge in [-0.3, -0.25) is 0 Å². The smallest absolute Gasteiger partial charge is 0.315 e. The largest absolute Gasteiger partial charge is 0.396 e. The number of carbonyl (C=O) groups is 1. The number of aromatic nitrogens is 1. The van der Waals surface area contributed by atoms with Crippen molar-refractivity contribution < 1.29 is 9.90 Å². The molecule has 118 valence electrons. The van der Waals surface area contributed by atoms with Crippen LogP contribution in [0.5, 0.6) is 0 Å². The Morgan fingerprint density at radius 1 is 1.36 bits per heavy atom. The Kier molecular flexibility index (Phi) is 6.36. The maximum atomic E-state index is 12.0. The SMILES string of the molecule is Cc1nc(CCNC(=O)N[C@H](CCO)c2ccccc2)cs1. The van der Waals surface area contributed by atoms with Gasteiger partial charge in [-0.05, 0) is 18.9 Å². The minimum atomic E-state index is -0.228. The van der Waals surface area contributed by atoms with E-state index < -0.39 is 0 Å². The first-order chi connectivity index (χ1) is 10.7. The number of nitrogens with one attached hydrogen (secondary N) is 2. The molecule has 0 aliphatic heterocycles. The van der Waals surface area contributed by atoms with Crippen LogP contribution >= 0.6 is 11.3 Å². The van der Waals surface area contributed by atoms with Crippen molar-refractivity contribution in [3.05, 3.63) is 52.0 Å². The molecule has 2 rings (SSSR count). The van der Waals surface area contributed by atoms with E-state index in [9.17, 15) is 4.79 Å². The second-order valence-corrected chi connectivity index (χ2v) is 6.05. The van der Waals surface area contributed by atoms with Crippen molar-refractivity contribution in [1.82, 2.24) is 15.6 Å². The zero-order valence-electron chi connectivity index (χ0n) is 12.6. The van der Waals surface area contributed by atoms with Gasteiger partial charge < -0.3 is 15.7 Å². The van der Waals surface area contributed by atoms with Crippen LogP contribution in [0.3, 0.4) is 0 Å². The number of benzene rings is 1. The summed E-state index contributed by atoms with van der Waals surface area (Å²) in [5.74, 6) is 0. The number of carbonyl (C=O) groups excluding carboxylic acids is 1. The number of thiazole rings is 1. The molecule has 2 aromatic rings. The Hall–Kier alpha value is -1.92. The van der Waals surface area contributed by atoms with Crippen molar-refractivity contribution in [3.63, 3.8) is 0 Å². The molecule has 0 radical (unpaired) electrons. The quantitative estimate of drug-likeness (QED) is 0.734.